The van der Waals surface area contributed by atoms with Crippen LogP contribution in [0.3, 0.4) is 0 Å². The average Bonchev–Trinajstić information content (AvgIpc) is 2.89. The minimum Gasteiger partial charge on any atom is -0.444 e. The Labute approximate surface area is 136 Å². The van der Waals surface area contributed by atoms with Crippen molar-refractivity contribution in [2.24, 2.45) is 5.73 Å². The van der Waals surface area contributed by atoms with Gasteiger partial charge in [-0.25, -0.2) is 4.79 Å². The maximum absolute atomic E-state index is 11.6. The topological polar surface area (TPSA) is 97.2 Å². The van der Waals surface area contributed by atoms with E-state index >= 15 is 0 Å². The molecule has 6 heteroatoms. The number of carbonyl (C=O) groups excluding carboxylic acids is 2. The van der Waals surface area contributed by atoms with Gasteiger partial charge in [-0.15, -0.1) is 0 Å². The summed E-state index contributed by atoms with van der Waals surface area (Å²) in [6.07, 6.45) is -0.466. The van der Waals surface area contributed by atoms with Gasteiger partial charge in [-0.1, -0.05) is 26.0 Å². The maximum atomic E-state index is 11.6. The lowest BCUT2D eigenvalue weighted by Crippen LogP contribution is -2.32. The second kappa shape index (κ2) is 7.67. The molecule has 4 N–H and O–H groups in total. The quantitative estimate of drug-likeness (QED) is 0.809. The number of fused-ring (bicyclic) bond motifs is 1. The lowest BCUT2D eigenvalue weighted by molar-refractivity contribution is 0.0523. The number of primary amides is 1. The summed E-state index contributed by atoms with van der Waals surface area (Å²) in [4.78, 5) is 25.7. The van der Waals surface area contributed by atoms with Crippen molar-refractivity contribution in [3.63, 3.8) is 0 Å². The summed E-state index contributed by atoms with van der Waals surface area (Å²) in [7, 11) is 0. The Kier molecular flexibility index (Phi) is 6.18. The maximum Gasteiger partial charge on any atom is 0.407 e. The van der Waals surface area contributed by atoms with E-state index in [9.17, 15) is 9.59 Å². The average molecular weight is 319 g/mol. The van der Waals surface area contributed by atoms with Crippen LogP contribution < -0.4 is 11.1 Å². The molecule has 0 aliphatic heterocycles. The fourth-order valence-electron chi connectivity index (χ4n) is 1.91. The highest BCUT2D eigenvalue weighted by Crippen LogP contribution is 2.17. The molecule has 1 heterocycles. The Hall–Kier alpha value is -2.50. The minimum atomic E-state index is -0.524. The van der Waals surface area contributed by atoms with Crippen LogP contribution >= 0.6 is 0 Å². The van der Waals surface area contributed by atoms with Crippen LogP contribution in [-0.4, -0.2) is 22.6 Å². The molecule has 0 atom stereocenters. The molecule has 0 fully saturated rings. The highest BCUT2D eigenvalue weighted by atomic mass is 16.6. The van der Waals surface area contributed by atoms with E-state index in [1.165, 1.54) is 0 Å². The van der Waals surface area contributed by atoms with Gasteiger partial charge < -0.3 is 20.8 Å². The lowest BCUT2D eigenvalue weighted by atomic mass is 10.1. The molecule has 0 bridgehead atoms. The van der Waals surface area contributed by atoms with E-state index in [1.54, 1.807) is 6.07 Å². The summed E-state index contributed by atoms with van der Waals surface area (Å²) in [5, 5.41) is 3.58. The van der Waals surface area contributed by atoms with Gasteiger partial charge in [-0.3, -0.25) is 4.79 Å². The van der Waals surface area contributed by atoms with Crippen molar-refractivity contribution < 1.29 is 14.3 Å². The van der Waals surface area contributed by atoms with Crippen LogP contribution in [0.1, 0.15) is 50.7 Å². The number of nitrogens with two attached hydrogens (primary N) is 1. The van der Waals surface area contributed by atoms with Gasteiger partial charge in [0.05, 0.1) is 0 Å². The Morgan fingerprint density at radius 2 is 1.87 bits per heavy atom. The summed E-state index contributed by atoms with van der Waals surface area (Å²) in [5.74, 6) is -0.500. The third-order valence-corrected chi connectivity index (χ3v) is 2.79. The Balaban J connectivity index is 0.00000127. The van der Waals surface area contributed by atoms with Gasteiger partial charge in [0.1, 0.15) is 11.3 Å². The molecule has 23 heavy (non-hydrogen) atoms. The summed E-state index contributed by atoms with van der Waals surface area (Å²) in [6.45, 7) is 9.77. The van der Waals surface area contributed by atoms with Gasteiger partial charge in [0.25, 0.3) is 5.91 Å². The monoisotopic (exact) mass is 319 g/mol. The third-order valence-electron chi connectivity index (χ3n) is 2.79. The van der Waals surface area contributed by atoms with E-state index in [0.717, 1.165) is 16.5 Å². The molecule has 6 nitrogen and oxygen atoms in total. The fraction of sp³-hybridized carbons (Fsp3) is 0.412. The molecule has 2 amide bonds. The standard InChI is InChI=1S/C15H19N3O3.C2H6/c1-15(2,3)21-14(20)17-8-9-4-5-10-7-12(13(16)19)18-11(10)6-9;1-2/h4-7,18H,8H2,1-3H3,(H2,16,19)(H,17,20);1-2H3. The lowest BCUT2D eigenvalue weighted by Gasteiger charge is -2.19. The molecule has 1 aromatic carbocycles. The number of hydrogen-bond donors (Lipinski definition) is 3. The molecule has 0 unspecified atom stereocenters. The first-order chi connectivity index (χ1) is 10.7. The molecule has 126 valence electrons. The van der Waals surface area contributed by atoms with Crippen molar-refractivity contribution in [3.05, 3.63) is 35.5 Å². The number of rotatable bonds is 3. The zero-order valence-corrected chi connectivity index (χ0v) is 14.3. The molecule has 0 spiro atoms. The number of ether oxygens (including phenoxy) is 1. The van der Waals surface area contributed by atoms with Gasteiger partial charge in [0, 0.05) is 17.4 Å². The van der Waals surface area contributed by atoms with Crippen LogP contribution in [0.2, 0.25) is 0 Å². The molecular formula is C17H25N3O3. The van der Waals surface area contributed by atoms with Gasteiger partial charge in [-0.2, -0.15) is 0 Å². The van der Waals surface area contributed by atoms with Crippen LogP contribution in [0.25, 0.3) is 10.9 Å². The van der Waals surface area contributed by atoms with E-state index in [2.05, 4.69) is 10.3 Å². The molecule has 2 rings (SSSR count). The molecule has 0 aliphatic rings. The number of H-pyrrole nitrogens is 1. The SMILES string of the molecule is CC.CC(C)(C)OC(=O)NCc1ccc2cc(C(N)=O)[nH]c2c1. The normalized spacial score (nSPS) is 10.7. The van der Waals surface area contributed by atoms with Crippen molar-refractivity contribution in [2.75, 3.05) is 0 Å². The molecular weight excluding hydrogens is 294 g/mol. The largest absolute Gasteiger partial charge is 0.444 e. The van der Waals surface area contributed by atoms with Crippen LogP contribution in [0.4, 0.5) is 4.79 Å². The van der Waals surface area contributed by atoms with E-state index < -0.39 is 17.6 Å². The van der Waals surface area contributed by atoms with Crippen molar-refractivity contribution in [1.82, 2.24) is 10.3 Å². The Morgan fingerprint density at radius 1 is 1.22 bits per heavy atom. The van der Waals surface area contributed by atoms with Crippen molar-refractivity contribution in [1.29, 1.82) is 0 Å². The smallest absolute Gasteiger partial charge is 0.407 e. The minimum absolute atomic E-state index is 0.343. The van der Waals surface area contributed by atoms with Crippen molar-refractivity contribution >= 4 is 22.9 Å². The molecule has 0 aliphatic carbocycles. The van der Waals surface area contributed by atoms with Crippen LogP contribution in [0.15, 0.2) is 24.3 Å². The number of amides is 2. The van der Waals surface area contributed by atoms with Crippen LogP contribution in [0.5, 0.6) is 0 Å². The van der Waals surface area contributed by atoms with E-state index in [4.69, 9.17) is 10.5 Å². The zero-order valence-electron chi connectivity index (χ0n) is 14.3. The second-order valence-corrected chi connectivity index (χ2v) is 5.82. The predicted molar refractivity (Wildman–Crippen MR) is 91.2 cm³/mol. The number of carbonyl (C=O) groups is 2. The third kappa shape index (κ3) is 5.65. The molecule has 0 saturated carbocycles. The Morgan fingerprint density at radius 3 is 2.43 bits per heavy atom. The fourth-order valence-corrected chi connectivity index (χ4v) is 1.91. The first-order valence-corrected chi connectivity index (χ1v) is 7.63. The summed E-state index contributed by atoms with van der Waals surface area (Å²) < 4.78 is 5.16. The summed E-state index contributed by atoms with van der Waals surface area (Å²) >= 11 is 0. The van der Waals surface area contributed by atoms with Gasteiger partial charge in [0.15, 0.2) is 0 Å². The number of alkyl carbamates (subject to hydrolysis) is 1. The first kappa shape index (κ1) is 18.5. The molecule has 0 saturated heterocycles. The molecule has 2 aromatic rings. The van der Waals surface area contributed by atoms with E-state index in [0.29, 0.717) is 12.2 Å². The Bertz CT molecular complexity index is 684. The first-order valence-electron chi connectivity index (χ1n) is 7.63. The number of aromatic amines is 1. The molecule has 0 radical (unpaired) electrons. The summed E-state index contributed by atoms with van der Waals surface area (Å²) in [6, 6.07) is 7.30. The second-order valence-electron chi connectivity index (χ2n) is 5.82. The predicted octanol–water partition coefficient (Wildman–Crippen LogP) is 3.32. The number of nitrogens with one attached hydrogen (secondary N) is 2. The van der Waals surface area contributed by atoms with E-state index in [-0.39, 0.29) is 0 Å². The zero-order chi connectivity index (χ0) is 17.6. The van der Waals surface area contributed by atoms with Crippen molar-refractivity contribution in [2.45, 2.75) is 46.8 Å². The van der Waals surface area contributed by atoms with Gasteiger partial charge >= 0.3 is 6.09 Å². The highest BCUT2D eigenvalue weighted by Gasteiger charge is 2.15. The number of hydrogen-bond acceptors (Lipinski definition) is 3. The number of benzene rings is 1. The van der Waals surface area contributed by atoms with Crippen LogP contribution in [0, 0.1) is 0 Å². The van der Waals surface area contributed by atoms with Crippen molar-refractivity contribution in [3.8, 4) is 0 Å². The number of aromatic nitrogens is 1. The molecule has 1 aromatic heterocycles. The van der Waals surface area contributed by atoms with Gasteiger partial charge in [0.2, 0.25) is 0 Å². The summed E-state index contributed by atoms with van der Waals surface area (Å²) in [5.41, 5.74) is 6.76. The highest BCUT2D eigenvalue weighted by molar-refractivity contribution is 5.97. The van der Waals surface area contributed by atoms with Crippen LogP contribution in [-0.2, 0) is 11.3 Å². The van der Waals surface area contributed by atoms with Gasteiger partial charge in [-0.05, 0) is 38.5 Å². The van der Waals surface area contributed by atoms with E-state index in [1.807, 2.05) is 52.8 Å².